The van der Waals surface area contributed by atoms with E-state index in [4.69, 9.17) is 0 Å². The van der Waals surface area contributed by atoms with Crippen LogP contribution in [0.2, 0.25) is 0 Å². The van der Waals surface area contributed by atoms with Gasteiger partial charge in [0, 0.05) is 18.7 Å². The molecule has 6 heteroatoms. The fraction of sp³-hybridized carbons (Fsp3) is 0.269. The quantitative estimate of drug-likeness (QED) is 0.599. The summed E-state index contributed by atoms with van der Waals surface area (Å²) in [7, 11) is -3.61. The zero-order chi connectivity index (χ0) is 22.7. The molecule has 1 amide bonds. The third kappa shape index (κ3) is 4.61. The van der Waals surface area contributed by atoms with Crippen molar-refractivity contribution in [2.45, 2.75) is 37.6 Å². The SMILES string of the molecule is Cc1ccc([C@H](NC(=O)c2ccc(C)c(S(=O)(=O)N3CCCC3)c2)c2ccccc2)cc1. The van der Waals surface area contributed by atoms with Crippen LogP contribution in [-0.4, -0.2) is 31.7 Å². The molecule has 0 spiro atoms. The number of hydrogen-bond donors (Lipinski definition) is 1. The number of nitrogens with zero attached hydrogens (tertiary/aromatic N) is 1. The van der Waals surface area contributed by atoms with Gasteiger partial charge in [-0.3, -0.25) is 4.79 Å². The second-order valence-electron chi connectivity index (χ2n) is 8.32. The number of nitrogens with one attached hydrogen (secondary N) is 1. The number of hydrogen-bond acceptors (Lipinski definition) is 3. The Bertz CT molecular complexity index is 1200. The highest BCUT2D eigenvalue weighted by Crippen LogP contribution is 2.26. The lowest BCUT2D eigenvalue weighted by Crippen LogP contribution is -2.31. The van der Waals surface area contributed by atoms with Crippen LogP contribution in [0.15, 0.2) is 77.7 Å². The standard InChI is InChI=1S/C26H28N2O3S/c1-19-10-13-22(14-11-19)25(21-8-4-3-5-9-21)27-26(29)23-15-12-20(2)24(18-23)32(30,31)28-16-6-7-17-28/h3-5,8-15,18,25H,6-7,16-17H2,1-2H3,(H,27,29)/t25-/m1/s1. The molecule has 0 bridgehead atoms. The third-order valence-electron chi connectivity index (χ3n) is 5.95. The minimum atomic E-state index is -3.61. The highest BCUT2D eigenvalue weighted by molar-refractivity contribution is 7.89. The Morgan fingerprint density at radius 2 is 1.50 bits per heavy atom. The summed E-state index contributed by atoms with van der Waals surface area (Å²) in [4.78, 5) is 13.5. The minimum absolute atomic E-state index is 0.207. The summed E-state index contributed by atoms with van der Waals surface area (Å²) in [6, 6.07) is 22.4. The first-order valence-electron chi connectivity index (χ1n) is 10.9. The molecule has 3 aromatic carbocycles. The molecular weight excluding hydrogens is 420 g/mol. The van der Waals surface area contributed by atoms with Crippen LogP contribution in [0.3, 0.4) is 0 Å². The van der Waals surface area contributed by atoms with E-state index in [1.165, 1.54) is 10.4 Å². The predicted octanol–water partition coefficient (Wildman–Crippen LogP) is 4.61. The van der Waals surface area contributed by atoms with Crippen molar-refractivity contribution in [3.8, 4) is 0 Å². The van der Waals surface area contributed by atoms with Gasteiger partial charge in [0.05, 0.1) is 10.9 Å². The summed E-state index contributed by atoms with van der Waals surface area (Å²) in [5.74, 6) is -0.308. The maximum absolute atomic E-state index is 13.3. The van der Waals surface area contributed by atoms with E-state index in [1.54, 1.807) is 19.1 Å². The molecule has 0 unspecified atom stereocenters. The zero-order valence-corrected chi connectivity index (χ0v) is 19.2. The van der Waals surface area contributed by atoms with Gasteiger partial charge in [0.25, 0.3) is 5.91 Å². The van der Waals surface area contributed by atoms with Gasteiger partial charge in [-0.1, -0.05) is 66.2 Å². The summed E-state index contributed by atoms with van der Waals surface area (Å²) in [6.07, 6.45) is 1.74. The molecule has 3 aromatic rings. The molecule has 32 heavy (non-hydrogen) atoms. The van der Waals surface area contributed by atoms with E-state index in [9.17, 15) is 13.2 Å². The van der Waals surface area contributed by atoms with E-state index in [-0.39, 0.29) is 16.8 Å². The normalized spacial score (nSPS) is 15.4. The Labute approximate surface area is 190 Å². The summed E-state index contributed by atoms with van der Waals surface area (Å²) < 4.78 is 27.8. The van der Waals surface area contributed by atoms with Crippen molar-refractivity contribution in [3.63, 3.8) is 0 Å². The van der Waals surface area contributed by atoms with Gasteiger partial charge in [-0.25, -0.2) is 8.42 Å². The molecule has 1 atom stereocenters. The molecular formula is C26H28N2O3S. The molecule has 1 aliphatic heterocycles. The van der Waals surface area contributed by atoms with Crippen LogP contribution < -0.4 is 5.32 Å². The Balaban J connectivity index is 1.66. The van der Waals surface area contributed by atoms with Crippen molar-refractivity contribution in [2.24, 2.45) is 0 Å². The van der Waals surface area contributed by atoms with E-state index < -0.39 is 10.0 Å². The van der Waals surface area contributed by atoms with Crippen LogP contribution in [-0.2, 0) is 10.0 Å². The van der Waals surface area contributed by atoms with Crippen LogP contribution in [0.1, 0.15) is 51.5 Å². The number of benzene rings is 3. The number of rotatable bonds is 6. The average Bonchev–Trinajstić information content (AvgIpc) is 3.35. The molecule has 0 radical (unpaired) electrons. The monoisotopic (exact) mass is 448 g/mol. The number of sulfonamides is 1. The lowest BCUT2D eigenvalue weighted by atomic mass is 9.97. The molecule has 0 aromatic heterocycles. The fourth-order valence-corrected chi connectivity index (χ4v) is 5.83. The molecule has 1 saturated heterocycles. The van der Waals surface area contributed by atoms with Crippen molar-refractivity contribution >= 4 is 15.9 Å². The second-order valence-corrected chi connectivity index (χ2v) is 10.2. The molecule has 166 valence electrons. The van der Waals surface area contributed by atoms with Crippen molar-refractivity contribution in [3.05, 3.63) is 101 Å². The Kier molecular flexibility index (Phi) is 6.44. The molecule has 0 saturated carbocycles. The van der Waals surface area contributed by atoms with Crippen LogP contribution in [0, 0.1) is 13.8 Å². The summed E-state index contributed by atoms with van der Waals surface area (Å²) >= 11 is 0. The summed E-state index contributed by atoms with van der Waals surface area (Å²) in [5, 5.41) is 3.11. The van der Waals surface area contributed by atoms with Crippen LogP contribution >= 0.6 is 0 Å². The average molecular weight is 449 g/mol. The first kappa shape index (κ1) is 22.2. The van der Waals surface area contributed by atoms with E-state index in [2.05, 4.69) is 5.32 Å². The van der Waals surface area contributed by atoms with Crippen molar-refractivity contribution in [2.75, 3.05) is 13.1 Å². The maximum atomic E-state index is 13.3. The van der Waals surface area contributed by atoms with Crippen molar-refractivity contribution < 1.29 is 13.2 Å². The van der Waals surface area contributed by atoms with E-state index in [0.29, 0.717) is 24.2 Å². The first-order valence-corrected chi connectivity index (χ1v) is 12.3. The maximum Gasteiger partial charge on any atom is 0.252 e. The Morgan fingerprint density at radius 3 is 2.16 bits per heavy atom. The van der Waals surface area contributed by atoms with Gasteiger partial charge in [-0.15, -0.1) is 0 Å². The van der Waals surface area contributed by atoms with Crippen LogP contribution in [0.4, 0.5) is 0 Å². The van der Waals surface area contributed by atoms with Gasteiger partial charge in [-0.05, 0) is 55.5 Å². The molecule has 1 heterocycles. The van der Waals surface area contributed by atoms with Gasteiger partial charge in [0.2, 0.25) is 10.0 Å². The first-order chi connectivity index (χ1) is 15.4. The lowest BCUT2D eigenvalue weighted by molar-refractivity contribution is 0.0942. The largest absolute Gasteiger partial charge is 0.341 e. The Hall–Kier alpha value is -2.96. The number of aryl methyl sites for hydroxylation is 2. The topological polar surface area (TPSA) is 66.5 Å². The lowest BCUT2D eigenvalue weighted by Gasteiger charge is -2.21. The van der Waals surface area contributed by atoms with Crippen LogP contribution in [0.25, 0.3) is 0 Å². The van der Waals surface area contributed by atoms with Gasteiger partial charge >= 0.3 is 0 Å². The minimum Gasteiger partial charge on any atom is -0.341 e. The summed E-state index contributed by atoms with van der Waals surface area (Å²) in [5.41, 5.74) is 4.05. The zero-order valence-electron chi connectivity index (χ0n) is 18.4. The fourth-order valence-electron chi connectivity index (χ4n) is 4.06. The Morgan fingerprint density at radius 1 is 0.875 bits per heavy atom. The number of carbonyl (C=O) groups is 1. The van der Waals surface area contributed by atoms with Gasteiger partial charge < -0.3 is 5.32 Å². The van der Waals surface area contributed by atoms with Gasteiger partial charge in [0.1, 0.15) is 0 Å². The van der Waals surface area contributed by atoms with E-state index in [1.807, 2.05) is 61.5 Å². The van der Waals surface area contributed by atoms with Crippen molar-refractivity contribution in [1.82, 2.24) is 9.62 Å². The van der Waals surface area contributed by atoms with E-state index >= 15 is 0 Å². The third-order valence-corrected chi connectivity index (χ3v) is 7.99. The molecule has 1 N–H and O–H groups in total. The molecule has 1 aliphatic rings. The molecule has 4 rings (SSSR count). The van der Waals surface area contributed by atoms with Crippen molar-refractivity contribution in [1.29, 1.82) is 0 Å². The highest BCUT2D eigenvalue weighted by Gasteiger charge is 2.29. The smallest absolute Gasteiger partial charge is 0.252 e. The van der Waals surface area contributed by atoms with Crippen LogP contribution in [0.5, 0.6) is 0 Å². The summed E-state index contributed by atoms with van der Waals surface area (Å²) in [6.45, 7) is 4.85. The highest BCUT2D eigenvalue weighted by atomic mass is 32.2. The number of carbonyl (C=O) groups excluding carboxylic acids is 1. The number of amides is 1. The second kappa shape index (κ2) is 9.27. The predicted molar refractivity (Wildman–Crippen MR) is 126 cm³/mol. The van der Waals surface area contributed by atoms with Gasteiger partial charge in [0.15, 0.2) is 0 Å². The molecule has 5 nitrogen and oxygen atoms in total. The van der Waals surface area contributed by atoms with E-state index in [0.717, 1.165) is 29.5 Å². The molecule has 0 aliphatic carbocycles. The molecule has 1 fully saturated rings. The van der Waals surface area contributed by atoms with Gasteiger partial charge in [-0.2, -0.15) is 4.31 Å².